The molecule has 0 radical (unpaired) electrons. The van der Waals surface area contributed by atoms with Gasteiger partial charge >= 0.3 is 0 Å². The second-order valence-electron chi connectivity index (χ2n) is 2.69. The van der Waals surface area contributed by atoms with Crippen LogP contribution in [-0.4, -0.2) is 32.7 Å². The van der Waals surface area contributed by atoms with Crippen molar-refractivity contribution in [1.29, 1.82) is 0 Å². The molecule has 0 amide bonds. The van der Waals surface area contributed by atoms with Crippen molar-refractivity contribution >= 4 is 15.7 Å². The Hall–Kier alpha value is -1.14. The first-order valence-corrected chi connectivity index (χ1v) is 5.84. The summed E-state index contributed by atoms with van der Waals surface area (Å²) in [7, 11) is -1.71. The van der Waals surface area contributed by atoms with Crippen molar-refractivity contribution in [3.63, 3.8) is 0 Å². The summed E-state index contributed by atoms with van der Waals surface area (Å²) in [6.07, 6.45) is 3.30. The minimum absolute atomic E-state index is 0.0613. The topological polar surface area (TPSA) is 71.1 Å². The average molecular weight is 215 g/mol. The van der Waals surface area contributed by atoms with E-state index >= 15 is 0 Å². The van der Waals surface area contributed by atoms with Gasteiger partial charge in [0.05, 0.1) is 5.75 Å². The Morgan fingerprint density at radius 1 is 1.36 bits per heavy atom. The zero-order valence-corrected chi connectivity index (χ0v) is 8.71. The van der Waals surface area contributed by atoms with E-state index < -0.39 is 10.0 Å². The quantitative estimate of drug-likeness (QED) is 0.727. The van der Waals surface area contributed by atoms with Crippen molar-refractivity contribution in [3.8, 4) is 0 Å². The molecule has 14 heavy (non-hydrogen) atoms. The van der Waals surface area contributed by atoms with Gasteiger partial charge in [-0.05, 0) is 19.2 Å². The molecule has 0 unspecified atom stereocenters. The third-order valence-electron chi connectivity index (χ3n) is 1.69. The molecule has 1 aromatic heterocycles. The highest BCUT2D eigenvalue weighted by atomic mass is 32.2. The first-order valence-electron chi connectivity index (χ1n) is 4.19. The van der Waals surface area contributed by atoms with Gasteiger partial charge in [0.2, 0.25) is 10.0 Å². The van der Waals surface area contributed by atoms with E-state index in [0.29, 0.717) is 6.54 Å². The monoisotopic (exact) mass is 215 g/mol. The SMILES string of the molecule is CNS(=O)(=O)CCNc1ccncc1. The van der Waals surface area contributed by atoms with Gasteiger partial charge in [0.1, 0.15) is 0 Å². The molecular formula is C8H13N3O2S. The molecule has 78 valence electrons. The molecule has 0 saturated carbocycles. The van der Waals surface area contributed by atoms with Crippen LogP contribution in [0.2, 0.25) is 0 Å². The number of sulfonamides is 1. The van der Waals surface area contributed by atoms with Gasteiger partial charge in [-0.3, -0.25) is 4.98 Å². The van der Waals surface area contributed by atoms with Crippen LogP contribution in [0.1, 0.15) is 0 Å². The standard InChI is InChI=1S/C8H13N3O2S/c1-9-14(12,13)7-6-11-8-2-4-10-5-3-8/h2-5,9H,6-7H2,1H3,(H,10,11). The minimum atomic E-state index is -3.12. The highest BCUT2D eigenvalue weighted by Crippen LogP contribution is 2.01. The van der Waals surface area contributed by atoms with Crippen molar-refractivity contribution in [2.75, 3.05) is 24.7 Å². The van der Waals surface area contributed by atoms with Crippen LogP contribution in [0.5, 0.6) is 0 Å². The van der Waals surface area contributed by atoms with Gasteiger partial charge < -0.3 is 5.32 Å². The largest absolute Gasteiger partial charge is 0.384 e. The maximum atomic E-state index is 11.0. The van der Waals surface area contributed by atoms with Crippen LogP contribution in [0, 0.1) is 0 Å². The number of hydrogen-bond acceptors (Lipinski definition) is 4. The number of aromatic nitrogens is 1. The molecule has 2 N–H and O–H groups in total. The molecule has 0 aromatic carbocycles. The first kappa shape index (κ1) is 10.9. The normalized spacial score (nSPS) is 11.2. The summed E-state index contributed by atoms with van der Waals surface area (Å²) in [4.78, 5) is 3.85. The van der Waals surface area contributed by atoms with E-state index in [1.54, 1.807) is 24.5 Å². The fraction of sp³-hybridized carbons (Fsp3) is 0.375. The first-order chi connectivity index (χ1) is 6.64. The van der Waals surface area contributed by atoms with Crippen LogP contribution in [-0.2, 0) is 10.0 Å². The number of nitrogens with zero attached hydrogens (tertiary/aromatic N) is 1. The van der Waals surface area contributed by atoms with Crippen LogP contribution in [0.15, 0.2) is 24.5 Å². The van der Waals surface area contributed by atoms with E-state index in [0.717, 1.165) is 5.69 Å². The lowest BCUT2D eigenvalue weighted by Crippen LogP contribution is -2.26. The molecule has 0 spiro atoms. The summed E-state index contributed by atoms with van der Waals surface area (Å²) < 4.78 is 24.3. The predicted octanol–water partition coefficient (Wildman–Crippen LogP) is 0.0427. The number of rotatable bonds is 5. The fourth-order valence-corrected chi connectivity index (χ4v) is 1.48. The number of hydrogen-bond donors (Lipinski definition) is 2. The lowest BCUT2D eigenvalue weighted by Gasteiger charge is -2.05. The van der Waals surface area contributed by atoms with Crippen molar-refractivity contribution in [1.82, 2.24) is 9.71 Å². The van der Waals surface area contributed by atoms with Gasteiger partial charge in [-0.25, -0.2) is 13.1 Å². The third kappa shape index (κ3) is 3.71. The Morgan fingerprint density at radius 3 is 2.57 bits per heavy atom. The van der Waals surface area contributed by atoms with Gasteiger partial charge in [-0.2, -0.15) is 0 Å². The lowest BCUT2D eigenvalue weighted by atomic mass is 10.4. The lowest BCUT2D eigenvalue weighted by molar-refractivity contribution is 0.588. The number of pyridine rings is 1. The second-order valence-corrected chi connectivity index (χ2v) is 4.73. The van der Waals surface area contributed by atoms with Crippen LogP contribution in [0.25, 0.3) is 0 Å². The van der Waals surface area contributed by atoms with Gasteiger partial charge in [0, 0.05) is 24.6 Å². The molecule has 1 aromatic rings. The Balaban J connectivity index is 2.37. The third-order valence-corrected chi connectivity index (χ3v) is 3.05. The average Bonchev–Trinajstić information content (AvgIpc) is 2.19. The molecule has 0 aliphatic rings. The Bertz CT molecular complexity index is 363. The van der Waals surface area contributed by atoms with Crippen molar-refractivity contribution in [3.05, 3.63) is 24.5 Å². The van der Waals surface area contributed by atoms with Crippen molar-refractivity contribution in [2.24, 2.45) is 0 Å². The maximum Gasteiger partial charge on any atom is 0.213 e. The molecular weight excluding hydrogens is 202 g/mol. The maximum absolute atomic E-state index is 11.0. The zero-order chi connectivity index (χ0) is 10.4. The van der Waals surface area contributed by atoms with Crippen LogP contribution >= 0.6 is 0 Å². The van der Waals surface area contributed by atoms with Crippen LogP contribution < -0.4 is 10.0 Å². The van der Waals surface area contributed by atoms with E-state index in [-0.39, 0.29) is 5.75 Å². The Kier molecular flexibility index (Phi) is 3.84. The van der Waals surface area contributed by atoms with Gasteiger partial charge in [-0.15, -0.1) is 0 Å². The molecule has 1 rings (SSSR count). The minimum Gasteiger partial charge on any atom is -0.384 e. The van der Waals surface area contributed by atoms with Crippen LogP contribution in [0.4, 0.5) is 5.69 Å². The van der Waals surface area contributed by atoms with E-state index in [9.17, 15) is 8.42 Å². The molecule has 0 atom stereocenters. The molecule has 0 saturated heterocycles. The summed E-state index contributed by atoms with van der Waals surface area (Å²) in [5, 5.41) is 2.98. The Labute approximate surface area is 83.6 Å². The summed E-state index contributed by atoms with van der Waals surface area (Å²) in [6.45, 7) is 0.382. The predicted molar refractivity (Wildman–Crippen MR) is 55.6 cm³/mol. The van der Waals surface area contributed by atoms with E-state index in [4.69, 9.17) is 0 Å². The molecule has 6 heteroatoms. The van der Waals surface area contributed by atoms with Crippen molar-refractivity contribution in [2.45, 2.75) is 0 Å². The highest BCUT2D eigenvalue weighted by molar-refractivity contribution is 7.89. The number of anilines is 1. The van der Waals surface area contributed by atoms with E-state index in [1.807, 2.05) is 0 Å². The van der Waals surface area contributed by atoms with Gasteiger partial charge in [-0.1, -0.05) is 0 Å². The molecule has 0 bridgehead atoms. The van der Waals surface area contributed by atoms with E-state index in [1.165, 1.54) is 7.05 Å². The molecule has 0 aliphatic carbocycles. The van der Waals surface area contributed by atoms with Crippen molar-refractivity contribution < 1.29 is 8.42 Å². The van der Waals surface area contributed by atoms with Gasteiger partial charge in [0.15, 0.2) is 0 Å². The smallest absolute Gasteiger partial charge is 0.213 e. The summed E-state index contributed by atoms with van der Waals surface area (Å²) in [5.74, 6) is 0.0613. The summed E-state index contributed by atoms with van der Waals surface area (Å²) in [6, 6.07) is 3.57. The summed E-state index contributed by atoms with van der Waals surface area (Å²) >= 11 is 0. The molecule has 0 fully saturated rings. The van der Waals surface area contributed by atoms with Gasteiger partial charge in [0.25, 0.3) is 0 Å². The van der Waals surface area contributed by atoms with E-state index in [2.05, 4.69) is 15.0 Å². The Morgan fingerprint density at radius 2 is 2.00 bits per heavy atom. The fourth-order valence-electron chi connectivity index (χ4n) is 0.902. The highest BCUT2D eigenvalue weighted by Gasteiger charge is 2.04. The summed E-state index contributed by atoms with van der Waals surface area (Å²) in [5.41, 5.74) is 0.867. The molecule has 1 heterocycles. The second kappa shape index (κ2) is 4.92. The molecule has 0 aliphatic heterocycles. The molecule has 5 nitrogen and oxygen atoms in total. The zero-order valence-electron chi connectivity index (χ0n) is 7.90. The number of nitrogens with one attached hydrogen (secondary N) is 2. The van der Waals surface area contributed by atoms with Crippen LogP contribution in [0.3, 0.4) is 0 Å².